The van der Waals surface area contributed by atoms with Crippen LogP contribution < -0.4 is 5.73 Å². The van der Waals surface area contributed by atoms with Crippen LogP contribution in [0.3, 0.4) is 0 Å². The second kappa shape index (κ2) is 2.61. The summed E-state index contributed by atoms with van der Waals surface area (Å²) in [5.41, 5.74) is 5.13. The van der Waals surface area contributed by atoms with E-state index in [0.29, 0.717) is 5.84 Å². The Bertz CT molecular complexity index is 68.5. The molecule has 0 fully saturated rings. The van der Waals surface area contributed by atoms with Gasteiger partial charge in [-0.25, -0.2) is 0 Å². The summed E-state index contributed by atoms with van der Waals surface area (Å²) < 4.78 is 0. The molecule has 0 aliphatic heterocycles. The third kappa shape index (κ3) is 2.20. The zero-order valence-corrected chi connectivity index (χ0v) is 4.86. The Balaban J connectivity index is 3.34. The van der Waals surface area contributed by atoms with Crippen molar-refractivity contribution in [1.82, 2.24) is 0 Å². The smallest absolute Gasteiger partial charge is 0.0934 e. The lowest BCUT2D eigenvalue weighted by molar-refractivity contribution is 0.728. The SMILES string of the molecule is CC[C@@H](C)C(=N)N. The molecule has 0 spiro atoms. The monoisotopic (exact) mass is 100 g/mol. The molecule has 1 atom stereocenters. The average molecular weight is 100 g/mol. The van der Waals surface area contributed by atoms with Gasteiger partial charge in [0.15, 0.2) is 0 Å². The molecule has 0 aliphatic rings. The molecule has 0 aromatic rings. The highest BCUT2D eigenvalue weighted by atomic mass is 14.7. The van der Waals surface area contributed by atoms with Gasteiger partial charge in [-0.15, -0.1) is 0 Å². The molecular formula is C5H12N2. The molecule has 7 heavy (non-hydrogen) atoms. The number of hydrogen-bond acceptors (Lipinski definition) is 1. The normalized spacial score (nSPS) is 13.4. The van der Waals surface area contributed by atoms with Crippen molar-refractivity contribution in [2.75, 3.05) is 0 Å². The zero-order valence-electron chi connectivity index (χ0n) is 4.86. The molecule has 3 N–H and O–H groups in total. The van der Waals surface area contributed by atoms with E-state index in [0.717, 1.165) is 6.42 Å². The first kappa shape index (κ1) is 6.47. The lowest BCUT2D eigenvalue weighted by Crippen LogP contribution is -2.18. The third-order valence-electron chi connectivity index (χ3n) is 1.14. The number of nitrogens with two attached hydrogens (primary N) is 1. The van der Waals surface area contributed by atoms with Gasteiger partial charge in [-0.3, -0.25) is 5.41 Å². The fourth-order valence-corrected chi connectivity index (χ4v) is 0.220. The van der Waals surface area contributed by atoms with Crippen molar-refractivity contribution >= 4 is 5.84 Å². The summed E-state index contributed by atoms with van der Waals surface area (Å²) in [6.07, 6.45) is 0.968. The van der Waals surface area contributed by atoms with Crippen LogP contribution in [-0.2, 0) is 0 Å². The van der Waals surface area contributed by atoms with Gasteiger partial charge in [-0.1, -0.05) is 13.8 Å². The summed E-state index contributed by atoms with van der Waals surface area (Å²) in [6, 6.07) is 0. The minimum absolute atomic E-state index is 0.264. The molecule has 0 aromatic heterocycles. The minimum atomic E-state index is 0.264. The molecule has 0 heterocycles. The summed E-state index contributed by atoms with van der Waals surface area (Å²) >= 11 is 0. The lowest BCUT2D eigenvalue weighted by atomic mass is 10.1. The highest BCUT2D eigenvalue weighted by molar-refractivity contribution is 5.79. The second-order valence-corrected chi connectivity index (χ2v) is 1.76. The van der Waals surface area contributed by atoms with Gasteiger partial charge >= 0.3 is 0 Å². The Morgan fingerprint density at radius 2 is 2.29 bits per heavy atom. The van der Waals surface area contributed by atoms with Crippen molar-refractivity contribution in [1.29, 1.82) is 5.41 Å². The molecule has 42 valence electrons. The Labute approximate surface area is 44.2 Å². The molecule has 0 aliphatic carbocycles. The molecule has 0 rings (SSSR count). The first-order valence-corrected chi connectivity index (χ1v) is 2.52. The topological polar surface area (TPSA) is 49.9 Å². The van der Waals surface area contributed by atoms with E-state index in [1.807, 2.05) is 13.8 Å². The maximum Gasteiger partial charge on any atom is 0.0934 e. The molecule has 0 saturated heterocycles. The van der Waals surface area contributed by atoms with E-state index in [4.69, 9.17) is 11.1 Å². The van der Waals surface area contributed by atoms with Gasteiger partial charge in [0.1, 0.15) is 0 Å². The average Bonchev–Trinajstić information content (AvgIpc) is 1.65. The molecule has 0 amide bonds. The van der Waals surface area contributed by atoms with E-state index in [1.165, 1.54) is 0 Å². The van der Waals surface area contributed by atoms with Gasteiger partial charge in [-0.2, -0.15) is 0 Å². The number of nitrogens with one attached hydrogen (secondary N) is 1. The molecule has 2 nitrogen and oxygen atoms in total. The zero-order chi connectivity index (χ0) is 5.86. The lowest BCUT2D eigenvalue weighted by Gasteiger charge is -2.01. The van der Waals surface area contributed by atoms with Gasteiger partial charge in [0, 0.05) is 5.92 Å². The van der Waals surface area contributed by atoms with Gasteiger partial charge in [0.05, 0.1) is 5.84 Å². The summed E-state index contributed by atoms with van der Waals surface area (Å²) in [7, 11) is 0. The highest BCUT2D eigenvalue weighted by Crippen LogP contribution is 1.96. The molecule has 0 radical (unpaired) electrons. The van der Waals surface area contributed by atoms with Gasteiger partial charge < -0.3 is 5.73 Å². The van der Waals surface area contributed by atoms with Crippen LogP contribution in [0.25, 0.3) is 0 Å². The van der Waals surface area contributed by atoms with E-state index in [2.05, 4.69) is 0 Å². The van der Waals surface area contributed by atoms with Crippen molar-refractivity contribution < 1.29 is 0 Å². The third-order valence-corrected chi connectivity index (χ3v) is 1.14. The number of rotatable bonds is 2. The predicted molar refractivity (Wildman–Crippen MR) is 31.4 cm³/mol. The van der Waals surface area contributed by atoms with E-state index >= 15 is 0 Å². The van der Waals surface area contributed by atoms with Crippen LogP contribution in [0.5, 0.6) is 0 Å². The standard InChI is InChI=1S/C5H12N2/c1-3-4(2)5(6)7/h4H,3H2,1-2H3,(H3,6,7)/t4-/m1/s1. The van der Waals surface area contributed by atoms with Crippen LogP contribution in [0.15, 0.2) is 0 Å². The Hall–Kier alpha value is -0.530. The van der Waals surface area contributed by atoms with Crippen LogP contribution in [0.1, 0.15) is 20.3 Å². The Morgan fingerprint density at radius 3 is 2.29 bits per heavy atom. The summed E-state index contributed by atoms with van der Waals surface area (Å²) in [4.78, 5) is 0. The maximum absolute atomic E-state index is 6.88. The fraction of sp³-hybridized carbons (Fsp3) is 0.800. The van der Waals surface area contributed by atoms with Gasteiger partial charge in [-0.05, 0) is 6.42 Å². The summed E-state index contributed by atoms with van der Waals surface area (Å²) in [6.45, 7) is 3.97. The van der Waals surface area contributed by atoms with Crippen LogP contribution in [0.2, 0.25) is 0 Å². The van der Waals surface area contributed by atoms with E-state index < -0.39 is 0 Å². The van der Waals surface area contributed by atoms with E-state index in [-0.39, 0.29) is 5.92 Å². The second-order valence-electron chi connectivity index (χ2n) is 1.76. The minimum Gasteiger partial charge on any atom is -0.387 e. The molecule has 0 saturated carbocycles. The van der Waals surface area contributed by atoms with Crippen molar-refractivity contribution in [2.45, 2.75) is 20.3 Å². The molecule has 0 unspecified atom stereocenters. The predicted octanol–water partition coefficient (Wildman–Crippen LogP) is 0.968. The maximum atomic E-state index is 6.88. The van der Waals surface area contributed by atoms with Crippen molar-refractivity contribution in [2.24, 2.45) is 11.7 Å². The summed E-state index contributed by atoms with van der Waals surface area (Å²) in [5.74, 6) is 0.558. The first-order chi connectivity index (χ1) is 3.18. The quantitative estimate of drug-likeness (QED) is 0.394. The first-order valence-electron chi connectivity index (χ1n) is 2.52. The van der Waals surface area contributed by atoms with Crippen LogP contribution in [-0.4, -0.2) is 5.84 Å². The van der Waals surface area contributed by atoms with Crippen molar-refractivity contribution in [3.05, 3.63) is 0 Å². The van der Waals surface area contributed by atoms with Crippen LogP contribution >= 0.6 is 0 Å². The van der Waals surface area contributed by atoms with E-state index in [1.54, 1.807) is 0 Å². The summed E-state index contributed by atoms with van der Waals surface area (Å²) in [5, 5.41) is 6.88. The van der Waals surface area contributed by atoms with Gasteiger partial charge in [0.25, 0.3) is 0 Å². The fourth-order valence-electron chi connectivity index (χ4n) is 0.220. The molecule has 0 aromatic carbocycles. The molecular weight excluding hydrogens is 88.1 g/mol. The Kier molecular flexibility index (Phi) is 2.41. The number of hydrogen-bond donors (Lipinski definition) is 2. The van der Waals surface area contributed by atoms with Crippen molar-refractivity contribution in [3.8, 4) is 0 Å². The molecule has 0 bridgehead atoms. The van der Waals surface area contributed by atoms with Crippen molar-refractivity contribution in [3.63, 3.8) is 0 Å². The Morgan fingerprint density at radius 1 is 1.86 bits per heavy atom. The van der Waals surface area contributed by atoms with Gasteiger partial charge in [0.2, 0.25) is 0 Å². The van der Waals surface area contributed by atoms with Crippen LogP contribution in [0, 0.1) is 11.3 Å². The number of amidine groups is 1. The van der Waals surface area contributed by atoms with Crippen LogP contribution in [0.4, 0.5) is 0 Å². The molecule has 2 heteroatoms. The van der Waals surface area contributed by atoms with E-state index in [9.17, 15) is 0 Å². The largest absolute Gasteiger partial charge is 0.387 e. The highest BCUT2D eigenvalue weighted by Gasteiger charge is 1.97.